The summed E-state index contributed by atoms with van der Waals surface area (Å²) in [6, 6.07) is 5.91. The van der Waals surface area contributed by atoms with Gasteiger partial charge >= 0.3 is 0 Å². The van der Waals surface area contributed by atoms with Crippen LogP contribution in [0.4, 0.5) is 0 Å². The molecular weight excluding hydrogens is 168 g/mol. The van der Waals surface area contributed by atoms with E-state index in [2.05, 4.69) is 0 Å². The van der Waals surface area contributed by atoms with Crippen LogP contribution in [0.2, 0.25) is 0 Å². The molecular formula is C10H12O3. The Morgan fingerprint density at radius 2 is 2.00 bits per heavy atom. The molecule has 0 spiro atoms. The summed E-state index contributed by atoms with van der Waals surface area (Å²) in [5.74, 6) is 1.67. The number of benzene rings is 1. The molecule has 1 heterocycles. The largest absolute Gasteiger partial charge is 0.454 e. The highest BCUT2D eigenvalue weighted by atomic mass is 16.7. The number of hydrogen-bond donors (Lipinski definition) is 0. The summed E-state index contributed by atoms with van der Waals surface area (Å²) >= 11 is 0. The molecule has 0 saturated carbocycles. The highest BCUT2D eigenvalue weighted by molar-refractivity contribution is 5.56. The maximum absolute atomic E-state index is 5.23. The van der Waals surface area contributed by atoms with Gasteiger partial charge in [-0.1, -0.05) is 18.2 Å². The van der Waals surface area contributed by atoms with E-state index in [0.29, 0.717) is 6.79 Å². The lowest BCUT2D eigenvalue weighted by atomic mass is 10.2. The molecule has 0 amide bonds. The second kappa shape index (κ2) is 3.96. The van der Waals surface area contributed by atoms with Gasteiger partial charge in [0.25, 0.3) is 0 Å². The number of ether oxygens (including phenoxy) is 2. The van der Waals surface area contributed by atoms with Crippen LogP contribution < -0.4 is 9.47 Å². The van der Waals surface area contributed by atoms with Crippen LogP contribution >= 0.6 is 0 Å². The Morgan fingerprint density at radius 3 is 2.77 bits per heavy atom. The molecule has 0 bridgehead atoms. The zero-order chi connectivity index (χ0) is 8.39. The first-order chi connectivity index (χ1) is 5.90. The first-order valence-electron chi connectivity index (χ1n) is 3.92. The van der Waals surface area contributed by atoms with Crippen molar-refractivity contribution in [1.82, 2.24) is 0 Å². The fourth-order valence-corrected chi connectivity index (χ4v) is 1.21. The summed E-state index contributed by atoms with van der Waals surface area (Å²) < 4.78 is 10.4. The summed E-state index contributed by atoms with van der Waals surface area (Å²) in [6.07, 6.45) is 4.03. The molecule has 3 heteroatoms. The van der Waals surface area contributed by atoms with Gasteiger partial charge in [0.05, 0.1) is 0 Å². The average molecular weight is 180 g/mol. The van der Waals surface area contributed by atoms with Crippen molar-refractivity contribution >= 4 is 6.08 Å². The Hall–Kier alpha value is -1.48. The third-order valence-electron chi connectivity index (χ3n) is 1.76. The van der Waals surface area contributed by atoms with E-state index in [0.717, 1.165) is 17.1 Å². The van der Waals surface area contributed by atoms with E-state index in [4.69, 9.17) is 9.47 Å². The van der Waals surface area contributed by atoms with Crippen molar-refractivity contribution in [2.75, 3.05) is 6.79 Å². The van der Waals surface area contributed by atoms with Crippen molar-refractivity contribution in [3.8, 4) is 11.5 Å². The molecule has 2 rings (SSSR count). The zero-order valence-electron chi connectivity index (χ0n) is 7.41. The smallest absolute Gasteiger partial charge is 0.231 e. The van der Waals surface area contributed by atoms with Crippen molar-refractivity contribution in [2.45, 2.75) is 6.92 Å². The highest BCUT2D eigenvalue weighted by Crippen LogP contribution is 2.32. The third-order valence-corrected chi connectivity index (χ3v) is 1.76. The number of rotatable bonds is 1. The summed E-state index contributed by atoms with van der Waals surface area (Å²) in [4.78, 5) is 0. The number of fused-ring (bicyclic) bond motifs is 1. The van der Waals surface area contributed by atoms with Crippen LogP contribution in [0, 0.1) is 0 Å². The van der Waals surface area contributed by atoms with E-state index in [1.54, 1.807) is 0 Å². The zero-order valence-corrected chi connectivity index (χ0v) is 7.41. The van der Waals surface area contributed by atoms with Crippen LogP contribution in [0.1, 0.15) is 12.5 Å². The quantitative estimate of drug-likeness (QED) is 0.659. The minimum absolute atomic E-state index is 0. The van der Waals surface area contributed by atoms with Crippen LogP contribution in [0.15, 0.2) is 24.3 Å². The summed E-state index contributed by atoms with van der Waals surface area (Å²) in [5.41, 5.74) is 1.14. The Bertz CT molecular complexity index is 318. The molecule has 0 fully saturated rings. The monoisotopic (exact) mass is 180 g/mol. The molecule has 13 heavy (non-hydrogen) atoms. The topological polar surface area (TPSA) is 50.0 Å². The Labute approximate surface area is 76.9 Å². The van der Waals surface area contributed by atoms with E-state index in [-0.39, 0.29) is 5.48 Å². The van der Waals surface area contributed by atoms with E-state index in [9.17, 15) is 0 Å². The fraction of sp³-hybridized carbons (Fsp3) is 0.200. The van der Waals surface area contributed by atoms with Gasteiger partial charge < -0.3 is 14.9 Å². The predicted molar refractivity (Wildman–Crippen MR) is 50.9 cm³/mol. The standard InChI is InChI=1S/C10H10O2.H2O/c1-2-3-8-4-5-9-10(6-8)12-7-11-9;/h2-6H,7H2,1H3;1H2. The van der Waals surface area contributed by atoms with Crippen molar-refractivity contribution in [3.63, 3.8) is 0 Å². The Morgan fingerprint density at radius 1 is 1.23 bits per heavy atom. The molecule has 0 radical (unpaired) electrons. The minimum Gasteiger partial charge on any atom is -0.454 e. The molecule has 0 aromatic heterocycles. The lowest BCUT2D eigenvalue weighted by molar-refractivity contribution is 0.174. The molecule has 2 N–H and O–H groups in total. The predicted octanol–water partition coefficient (Wildman–Crippen LogP) is 1.62. The maximum Gasteiger partial charge on any atom is 0.231 e. The molecule has 1 aliphatic rings. The van der Waals surface area contributed by atoms with Gasteiger partial charge in [-0.2, -0.15) is 0 Å². The van der Waals surface area contributed by atoms with E-state index < -0.39 is 0 Å². The number of allylic oxidation sites excluding steroid dienone is 1. The molecule has 0 saturated heterocycles. The Kier molecular flexibility index (Phi) is 2.93. The molecule has 1 aromatic carbocycles. The van der Waals surface area contributed by atoms with Crippen molar-refractivity contribution in [1.29, 1.82) is 0 Å². The van der Waals surface area contributed by atoms with Crippen LogP contribution in [-0.2, 0) is 0 Å². The van der Waals surface area contributed by atoms with Gasteiger partial charge in [-0.15, -0.1) is 0 Å². The molecule has 0 unspecified atom stereocenters. The maximum atomic E-state index is 5.23. The van der Waals surface area contributed by atoms with Crippen LogP contribution in [0.3, 0.4) is 0 Å². The minimum atomic E-state index is 0. The third kappa shape index (κ3) is 1.81. The first-order valence-corrected chi connectivity index (χ1v) is 3.92. The first kappa shape index (κ1) is 9.61. The van der Waals surface area contributed by atoms with Gasteiger partial charge in [0.1, 0.15) is 0 Å². The molecule has 1 aromatic rings. The summed E-state index contributed by atoms with van der Waals surface area (Å²) in [7, 11) is 0. The molecule has 70 valence electrons. The van der Waals surface area contributed by atoms with Gasteiger partial charge in [-0.05, 0) is 24.6 Å². The lowest BCUT2D eigenvalue weighted by Gasteiger charge is -1.96. The molecule has 0 atom stereocenters. The second-order valence-electron chi connectivity index (χ2n) is 2.61. The van der Waals surface area contributed by atoms with Crippen LogP contribution in [-0.4, -0.2) is 12.3 Å². The summed E-state index contributed by atoms with van der Waals surface area (Å²) in [5, 5.41) is 0. The van der Waals surface area contributed by atoms with Gasteiger partial charge in [-0.3, -0.25) is 0 Å². The second-order valence-corrected chi connectivity index (χ2v) is 2.61. The van der Waals surface area contributed by atoms with Crippen LogP contribution in [0.5, 0.6) is 11.5 Å². The lowest BCUT2D eigenvalue weighted by Crippen LogP contribution is -1.92. The molecule has 3 nitrogen and oxygen atoms in total. The van der Waals surface area contributed by atoms with Gasteiger partial charge in [0, 0.05) is 0 Å². The van der Waals surface area contributed by atoms with Gasteiger partial charge in [0.15, 0.2) is 11.5 Å². The van der Waals surface area contributed by atoms with Crippen molar-refractivity contribution in [2.24, 2.45) is 0 Å². The number of hydrogen-bond acceptors (Lipinski definition) is 2. The van der Waals surface area contributed by atoms with Gasteiger partial charge in [-0.25, -0.2) is 0 Å². The van der Waals surface area contributed by atoms with Gasteiger partial charge in [0.2, 0.25) is 6.79 Å². The molecule has 1 aliphatic heterocycles. The SMILES string of the molecule is CC=Cc1ccc2c(c1)OCO2.O. The summed E-state index contributed by atoms with van der Waals surface area (Å²) in [6.45, 7) is 2.33. The van der Waals surface area contributed by atoms with Crippen LogP contribution in [0.25, 0.3) is 6.08 Å². The highest BCUT2D eigenvalue weighted by Gasteiger charge is 2.11. The normalized spacial score (nSPS) is 13.0. The molecule has 0 aliphatic carbocycles. The Balaban J connectivity index is 0.000000845. The average Bonchev–Trinajstić information content (AvgIpc) is 2.51. The fourth-order valence-electron chi connectivity index (χ4n) is 1.21. The van der Waals surface area contributed by atoms with E-state index in [1.165, 1.54) is 0 Å². The van der Waals surface area contributed by atoms with Crippen molar-refractivity contribution < 1.29 is 14.9 Å². The van der Waals surface area contributed by atoms with E-state index in [1.807, 2.05) is 37.3 Å². The van der Waals surface area contributed by atoms with E-state index >= 15 is 0 Å². The van der Waals surface area contributed by atoms with Crippen molar-refractivity contribution in [3.05, 3.63) is 29.8 Å².